The van der Waals surface area contributed by atoms with Gasteiger partial charge in [-0.25, -0.2) is 4.98 Å². The second-order valence-corrected chi connectivity index (χ2v) is 5.24. The van der Waals surface area contributed by atoms with E-state index in [1.54, 1.807) is 12.1 Å². The van der Waals surface area contributed by atoms with Gasteiger partial charge in [0.15, 0.2) is 0 Å². The summed E-state index contributed by atoms with van der Waals surface area (Å²) in [5, 5.41) is 3.35. The molecule has 114 valence electrons. The van der Waals surface area contributed by atoms with Gasteiger partial charge in [0.1, 0.15) is 6.61 Å². The van der Waals surface area contributed by atoms with Crippen LogP contribution in [-0.4, -0.2) is 29.6 Å². The molecule has 0 bridgehead atoms. The average molecular weight is 322 g/mol. The molecule has 0 aliphatic carbocycles. The third kappa shape index (κ3) is 6.41. The molecule has 0 radical (unpaired) electrons. The highest BCUT2D eigenvalue weighted by atomic mass is 35.5. The van der Waals surface area contributed by atoms with Gasteiger partial charge in [0.2, 0.25) is 11.8 Å². The molecule has 0 saturated carbocycles. The Balaban J connectivity index is 0.00000361. The number of carbonyl (C=O) groups excluding carboxylic acids is 1. The molecule has 1 rings (SSSR count). The second-order valence-electron chi connectivity index (χ2n) is 4.81. The maximum absolute atomic E-state index is 11.7. The molecular weight excluding hydrogens is 301 g/mol. The van der Waals surface area contributed by atoms with E-state index in [0.29, 0.717) is 17.5 Å². The van der Waals surface area contributed by atoms with Gasteiger partial charge in [-0.05, 0) is 18.9 Å². The van der Waals surface area contributed by atoms with E-state index in [2.05, 4.69) is 10.3 Å². The lowest BCUT2D eigenvalue weighted by atomic mass is 10.0. The zero-order valence-electron chi connectivity index (χ0n) is 11.8. The maximum Gasteiger partial charge on any atom is 0.237 e. The fourth-order valence-corrected chi connectivity index (χ4v) is 1.45. The first-order valence-corrected chi connectivity index (χ1v) is 6.58. The summed E-state index contributed by atoms with van der Waals surface area (Å²) in [6.07, 6.45) is 1.51. The fourth-order valence-electron chi connectivity index (χ4n) is 1.34. The summed E-state index contributed by atoms with van der Waals surface area (Å²) in [4.78, 5) is 15.7. The number of pyridine rings is 1. The van der Waals surface area contributed by atoms with E-state index in [0.717, 1.165) is 0 Å². The number of rotatable bonds is 6. The zero-order valence-corrected chi connectivity index (χ0v) is 13.4. The van der Waals surface area contributed by atoms with Crippen LogP contribution in [0.1, 0.15) is 20.8 Å². The zero-order chi connectivity index (χ0) is 14.4. The van der Waals surface area contributed by atoms with Crippen LogP contribution < -0.4 is 15.8 Å². The molecule has 1 aromatic heterocycles. The Bertz CT molecular complexity index is 413. The average Bonchev–Trinajstić information content (AvgIpc) is 2.37. The van der Waals surface area contributed by atoms with Gasteiger partial charge in [-0.2, -0.15) is 0 Å². The van der Waals surface area contributed by atoms with Crippen LogP contribution in [0.5, 0.6) is 5.88 Å². The molecule has 0 aromatic carbocycles. The van der Waals surface area contributed by atoms with E-state index in [9.17, 15) is 4.79 Å². The predicted octanol–water partition coefficient (Wildman–Crippen LogP) is 2.02. The van der Waals surface area contributed by atoms with Crippen molar-refractivity contribution in [1.29, 1.82) is 0 Å². The van der Waals surface area contributed by atoms with Crippen LogP contribution in [-0.2, 0) is 4.79 Å². The molecule has 5 nitrogen and oxygen atoms in total. The third-order valence-corrected chi connectivity index (χ3v) is 2.81. The highest BCUT2D eigenvalue weighted by Gasteiger charge is 2.18. The lowest BCUT2D eigenvalue weighted by Gasteiger charge is -2.19. The Morgan fingerprint density at radius 1 is 1.45 bits per heavy atom. The molecule has 7 heteroatoms. The Hall–Kier alpha value is -1.04. The third-order valence-electron chi connectivity index (χ3n) is 2.59. The molecule has 1 heterocycles. The molecule has 0 aliphatic heterocycles. The predicted molar refractivity (Wildman–Crippen MR) is 82.4 cm³/mol. The Labute approximate surface area is 130 Å². The number of aromatic nitrogens is 1. The van der Waals surface area contributed by atoms with Gasteiger partial charge in [-0.1, -0.05) is 25.4 Å². The topological polar surface area (TPSA) is 77.2 Å². The standard InChI is InChI=1S/C13H20ClN3O2.ClH/c1-8(2)12(15)13(18)17-9(3)7-19-11-5-4-10(14)6-16-11;/h4-6,8-9,12H,7,15H2,1-3H3,(H,17,18);1H/t9?,12-;/m0./s1. The van der Waals surface area contributed by atoms with Gasteiger partial charge < -0.3 is 15.8 Å². The Kier molecular flexibility index (Phi) is 8.53. The van der Waals surface area contributed by atoms with Crippen LogP contribution >= 0.6 is 24.0 Å². The van der Waals surface area contributed by atoms with Gasteiger partial charge in [0, 0.05) is 12.3 Å². The summed E-state index contributed by atoms with van der Waals surface area (Å²) >= 11 is 5.72. The Morgan fingerprint density at radius 3 is 2.60 bits per heavy atom. The van der Waals surface area contributed by atoms with Crippen molar-refractivity contribution in [1.82, 2.24) is 10.3 Å². The van der Waals surface area contributed by atoms with Gasteiger partial charge >= 0.3 is 0 Å². The van der Waals surface area contributed by atoms with E-state index < -0.39 is 6.04 Å². The second kappa shape index (κ2) is 9.00. The summed E-state index contributed by atoms with van der Waals surface area (Å²) in [6.45, 7) is 5.98. The van der Waals surface area contributed by atoms with Crippen LogP contribution in [0, 0.1) is 5.92 Å². The lowest BCUT2D eigenvalue weighted by molar-refractivity contribution is -0.124. The van der Waals surface area contributed by atoms with Crippen LogP contribution in [0.2, 0.25) is 5.02 Å². The minimum absolute atomic E-state index is 0. The highest BCUT2D eigenvalue weighted by Crippen LogP contribution is 2.11. The first-order chi connectivity index (χ1) is 8.90. The van der Waals surface area contributed by atoms with Gasteiger partial charge in [0.25, 0.3) is 0 Å². The number of hydrogen-bond donors (Lipinski definition) is 2. The van der Waals surface area contributed by atoms with Crippen LogP contribution in [0.15, 0.2) is 18.3 Å². The van der Waals surface area contributed by atoms with E-state index in [-0.39, 0.29) is 30.3 Å². The number of hydrogen-bond acceptors (Lipinski definition) is 4. The maximum atomic E-state index is 11.7. The first-order valence-electron chi connectivity index (χ1n) is 6.20. The van der Waals surface area contributed by atoms with Gasteiger partial charge in [-0.3, -0.25) is 4.79 Å². The van der Waals surface area contributed by atoms with E-state index >= 15 is 0 Å². The van der Waals surface area contributed by atoms with Crippen molar-refractivity contribution in [2.45, 2.75) is 32.9 Å². The molecule has 2 atom stereocenters. The largest absolute Gasteiger partial charge is 0.475 e. The molecule has 3 N–H and O–H groups in total. The molecule has 1 aromatic rings. The molecule has 0 aliphatic rings. The number of halogens is 2. The van der Waals surface area contributed by atoms with Crippen molar-refractivity contribution in [3.8, 4) is 5.88 Å². The summed E-state index contributed by atoms with van der Waals surface area (Å²) in [5.41, 5.74) is 5.75. The number of ether oxygens (including phenoxy) is 1. The normalized spacial score (nSPS) is 13.3. The van der Waals surface area contributed by atoms with Crippen molar-refractivity contribution < 1.29 is 9.53 Å². The van der Waals surface area contributed by atoms with Crippen molar-refractivity contribution in [3.63, 3.8) is 0 Å². The summed E-state index contributed by atoms with van der Waals surface area (Å²) in [5.74, 6) is 0.403. The lowest BCUT2D eigenvalue weighted by Crippen LogP contribution is -2.48. The molecule has 0 spiro atoms. The minimum atomic E-state index is -0.504. The number of carbonyl (C=O) groups is 1. The van der Waals surface area contributed by atoms with E-state index in [1.165, 1.54) is 6.20 Å². The smallest absolute Gasteiger partial charge is 0.237 e. The highest BCUT2D eigenvalue weighted by molar-refractivity contribution is 6.30. The van der Waals surface area contributed by atoms with Crippen molar-refractivity contribution in [2.24, 2.45) is 11.7 Å². The van der Waals surface area contributed by atoms with Crippen molar-refractivity contribution >= 4 is 29.9 Å². The van der Waals surface area contributed by atoms with Crippen molar-refractivity contribution in [2.75, 3.05) is 6.61 Å². The van der Waals surface area contributed by atoms with Crippen LogP contribution in [0.4, 0.5) is 0 Å². The number of nitrogens with two attached hydrogens (primary N) is 1. The number of nitrogens with one attached hydrogen (secondary N) is 1. The van der Waals surface area contributed by atoms with Crippen LogP contribution in [0.25, 0.3) is 0 Å². The molecular formula is C13H21Cl2N3O2. The molecule has 0 saturated heterocycles. The Morgan fingerprint density at radius 2 is 2.10 bits per heavy atom. The first kappa shape index (κ1) is 19.0. The van der Waals surface area contributed by atoms with Crippen LogP contribution in [0.3, 0.4) is 0 Å². The number of amides is 1. The number of nitrogens with zero attached hydrogens (tertiary/aromatic N) is 1. The summed E-state index contributed by atoms with van der Waals surface area (Å²) in [7, 11) is 0. The van der Waals surface area contributed by atoms with Gasteiger partial charge in [-0.15, -0.1) is 12.4 Å². The molecule has 1 unspecified atom stereocenters. The monoisotopic (exact) mass is 321 g/mol. The fraction of sp³-hybridized carbons (Fsp3) is 0.538. The summed E-state index contributed by atoms with van der Waals surface area (Å²) < 4.78 is 5.44. The minimum Gasteiger partial charge on any atom is -0.475 e. The quantitative estimate of drug-likeness (QED) is 0.840. The van der Waals surface area contributed by atoms with Gasteiger partial charge in [0.05, 0.1) is 17.1 Å². The molecule has 1 amide bonds. The van der Waals surface area contributed by atoms with Crippen molar-refractivity contribution in [3.05, 3.63) is 23.4 Å². The molecule has 0 fully saturated rings. The van der Waals surface area contributed by atoms with E-state index in [1.807, 2.05) is 20.8 Å². The van der Waals surface area contributed by atoms with E-state index in [4.69, 9.17) is 22.1 Å². The SMILES string of the molecule is CC(COc1ccc(Cl)cn1)NC(=O)[C@@H](N)C(C)C.Cl. The molecule has 20 heavy (non-hydrogen) atoms. The summed E-state index contributed by atoms with van der Waals surface area (Å²) in [6, 6.07) is 2.73.